The van der Waals surface area contributed by atoms with Crippen molar-refractivity contribution in [2.75, 3.05) is 6.54 Å². The van der Waals surface area contributed by atoms with E-state index in [1.165, 1.54) is 11.8 Å². The third kappa shape index (κ3) is 5.28. The van der Waals surface area contributed by atoms with Gasteiger partial charge in [-0.15, -0.1) is 0 Å². The van der Waals surface area contributed by atoms with Gasteiger partial charge in [-0.2, -0.15) is 0 Å². The van der Waals surface area contributed by atoms with Gasteiger partial charge in [-0.25, -0.2) is 4.79 Å². The van der Waals surface area contributed by atoms with Crippen LogP contribution in [0.5, 0.6) is 0 Å². The van der Waals surface area contributed by atoms with Gasteiger partial charge in [0.15, 0.2) is 0 Å². The zero-order chi connectivity index (χ0) is 15.2. The lowest BCUT2D eigenvalue weighted by atomic mass is 10.0. The lowest BCUT2D eigenvalue weighted by Crippen LogP contribution is -2.49. The molecule has 1 amide bonds. The number of rotatable bonds is 8. The van der Waals surface area contributed by atoms with Crippen molar-refractivity contribution in [2.24, 2.45) is 11.8 Å². The molecule has 0 aliphatic carbocycles. The lowest BCUT2D eigenvalue weighted by Gasteiger charge is -2.31. The van der Waals surface area contributed by atoms with E-state index in [4.69, 9.17) is 5.11 Å². The maximum atomic E-state index is 12.1. The number of carboxylic acid groups (broad SMARTS) is 2. The van der Waals surface area contributed by atoms with Crippen LogP contribution in [0.1, 0.15) is 40.5 Å². The highest BCUT2D eigenvalue weighted by Gasteiger charge is 2.32. The monoisotopic (exact) mass is 273 g/mol. The fourth-order valence-electron chi connectivity index (χ4n) is 1.76. The second-order valence-electron chi connectivity index (χ2n) is 5.03. The van der Waals surface area contributed by atoms with E-state index < -0.39 is 23.9 Å². The number of carbonyl (C=O) groups excluding carboxylic acids is 1. The minimum atomic E-state index is -1.09. The molecule has 0 spiro atoms. The fourth-order valence-corrected chi connectivity index (χ4v) is 1.76. The van der Waals surface area contributed by atoms with Crippen LogP contribution in [-0.4, -0.2) is 45.5 Å². The van der Waals surface area contributed by atoms with Gasteiger partial charge in [0, 0.05) is 12.5 Å². The Kier molecular flexibility index (Phi) is 7.11. The first-order valence-electron chi connectivity index (χ1n) is 6.48. The minimum Gasteiger partial charge on any atom is -0.481 e. The SMILES string of the molecule is CCCC(C(=O)O)N(CC(C)C(=O)O)C(=O)C(C)C. The summed E-state index contributed by atoms with van der Waals surface area (Å²) in [5.74, 6) is -3.61. The van der Waals surface area contributed by atoms with E-state index in [1.54, 1.807) is 13.8 Å². The number of carbonyl (C=O) groups is 3. The summed E-state index contributed by atoms with van der Waals surface area (Å²) < 4.78 is 0. The van der Waals surface area contributed by atoms with Gasteiger partial charge < -0.3 is 15.1 Å². The number of hydrogen-bond donors (Lipinski definition) is 2. The summed E-state index contributed by atoms with van der Waals surface area (Å²) in [4.78, 5) is 35.4. The van der Waals surface area contributed by atoms with Crippen molar-refractivity contribution in [3.63, 3.8) is 0 Å². The van der Waals surface area contributed by atoms with Gasteiger partial charge in [0.1, 0.15) is 6.04 Å². The maximum Gasteiger partial charge on any atom is 0.326 e. The summed E-state index contributed by atoms with van der Waals surface area (Å²) in [6.07, 6.45) is 0.931. The molecule has 19 heavy (non-hydrogen) atoms. The summed E-state index contributed by atoms with van der Waals surface area (Å²) in [5.41, 5.74) is 0. The Bertz CT molecular complexity index is 340. The summed E-state index contributed by atoms with van der Waals surface area (Å²) in [7, 11) is 0. The Balaban J connectivity index is 5.18. The second-order valence-corrected chi connectivity index (χ2v) is 5.03. The van der Waals surface area contributed by atoms with Crippen LogP contribution in [0.4, 0.5) is 0 Å². The first kappa shape index (κ1) is 17.4. The summed E-state index contributed by atoms with van der Waals surface area (Å²) in [5, 5.41) is 18.1. The fraction of sp³-hybridized carbons (Fsp3) is 0.769. The van der Waals surface area contributed by atoms with E-state index >= 15 is 0 Å². The van der Waals surface area contributed by atoms with Crippen LogP contribution in [0.15, 0.2) is 0 Å². The Morgan fingerprint density at radius 2 is 1.58 bits per heavy atom. The van der Waals surface area contributed by atoms with E-state index in [2.05, 4.69) is 0 Å². The molecule has 0 aromatic carbocycles. The summed E-state index contributed by atoms with van der Waals surface area (Å²) >= 11 is 0. The lowest BCUT2D eigenvalue weighted by molar-refractivity contribution is -0.154. The number of carboxylic acids is 2. The van der Waals surface area contributed by atoms with Gasteiger partial charge in [0.25, 0.3) is 0 Å². The molecule has 0 aliphatic heterocycles. The molecule has 0 saturated heterocycles. The van der Waals surface area contributed by atoms with Crippen LogP contribution >= 0.6 is 0 Å². The predicted octanol–water partition coefficient (Wildman–Crippen LogP) is 1.45. The maximum absolute atomic E-state index is 12.1. The average molecular weight is 273 g/mol. The molecule has 0 aliphatic rings. The van der Waals surface area contributed by atoms with Crippen molar-refractivity contribution in [3.8, 4) is 0 Å². The molecule has 0 fully saturated rings. The average Bonchev–Trinajstić information content (AvgIpc) is 2.31. The zero-order valence-corrected chi connectivity index (χ0v) is 11.9. The normalized spacial score (nSPS) is 13.9. The largest absolute Gasteiger partial charge is 0.481 e. The van der Waals surface area contributed by atoms with Crippen LogP contribution in [0.2, 0.25) is 0 Å². The van der Waals surface area contributed by atoms with Crippen molar-refractivity contribution in [1.82, 2.24) is 4.90 Å². The molecule has 0 aromatic rings. The number of hydrogen-bond acceptors (Lipinski definition) is 3. The van der Waals surface area contributed by atoms with Crippen molar-refractivity contribution in [1.29, 1.82) is 0 Å². The van der Waals surface area contributed by atoms with Crippen molar-refractivity contribution < 1.29 is 24.6 Å². The first-order chi connectivity index (χ1) is 8.72. The van der Waals surface area contributed by atoms with E-state index in [-0.39, 0.29) is 18.4 Å². The molecule has 0 saturated carbocycles. The molecule has 6 nitrogen and oxygen atoms in total. The van der Waals surface area contributed by atoms with Crippen LogP contribution < -0.4 is 0 Å². The van der Waals surface area contributed by atoms with E-state index in [0.717, 1.165) is 0 Å². The Hall–Kier alpha value is -1.59. The van der Waals surface area contributed by atoms with Gasteiger partial charge in [-0.3, -0.25) is 9.59 Å². The van der Waals surface area contributed by atoms with Gasteiger partial charge >= 0.3 is 11.9 Å². The third-order valence-corrected chi connectivity index (χ3v) is 2.89. The molecule has 2 atom stereocenters. The first-order valence-corrected chi connectivity index (χ1v) is 6.48. The van der Waals surface area contributed by atoms with Gasteiger partial charge in [0.2, 0.25) is 5.91 Å². The zero-order valence-electron chi connectivity index (χ0n) is 11.9. The summed E-state index contributed by atoms with van der Waals surface area (Å²) in [6.45, 7) is 6.56. The standard InChI is InChI=1S/C13H23NO5/c1-5-6-10(13(18)19)14(11(15)8(2)3)7-9(4)12(16)17/h8-10H,5-7H2,1-4H3,(H,16,17)(H,18,19). The highest BCUT2D eigenvalue weighted by molar-refractivity contribution is 5.85. The molecule has 6 heteroatoms. The quantitative estimate of drug-likeness (QED) is 0.698. The van der Waals surface area contributed by atoms with Crippen LogP contribution in [0.25, 0.3) is 0 Å². The van der Waals surface area contributed by atoms with Crippen molar-refractivity contribution in [2.45, 2.75) is 46.6 Å². The highest BCUT2D eigenvalue weighted by Crippen LogP contribution is 2.15. The molecule has 2 N–H and O–H groups in total. The molecular formula is C13H23NO5. The van der Waals surface area contributed by atoms with E-state index in [1.807, 2.05) is 6.92 Å². The second kappa shape index (κ2) is 7.76. The van der Waals surface area contributed by atoms with Crippen LogP contribution in [0, 0.1) is 11.8 Å². The predicted molar refractivity (Wildman–Crippen MR) is 69.7 cm³/mol. The number of nitrogens with zero attached hydrogens (tertiary/aromatic N) is 1. The molecule has 0 rings (SSSR count). The molecule has 0 aromatic heterocycles. The Morgan fingerprint density at radius 3 is 1.89 bits per heavy atom. The van der Waals surface area contributed by atoms with Gasteiger partial charge in [-0.1, -0.05) is 34.1 Å². The highest BCUT2D eigenvalue weighted by atomic mass is 16.4. The molecule has 0 heterocycles. The van der Waals surface area contributed by atoms with Crippen LogP contribution in [0.3, 0.4) is 0 Å². The van der Waals surface area contributed by atoms with Crippen molar-refractivity contribution in [3.05, 3.63) is 0 Å². The van der Waals surface area contributed by atoms with E-state index in [9.17, 15) is 19.5 Å². The van der Waals surface area contributed by atoms with E-state index in [0.29, 0.717) is 12.8 Å². The topological polar surface area (TPSA) is 94.9 Å². The van der Waals surface area contributed by atoms with Gasteiger partial charge in [-0.05, 0) is 6.42 Å². The molecule has 110 valence electrons. The van der Waals surface area contributed by atoms with Gasteiger partial charge in [0.05, 0.1) is 5.92 Å². The summed E-state index contributed by atoms with van der Waals surface area (Å²) in [6, 6.07) is -0.957. The minimum absolute atomic E-state index is 0.0800. The number of aliphatic carboxylic acids is 2. The van der Waals surface area contributed by atoms with Crippen LogP contribution in [-0.2, 0) is 14.4 Å². The Labute approximate surface area is 113 Å². The number of amides is 1. The molecule has 0 bridgehead atoms. The van der Waals surface area contributed by atoms with Crippen molar-refractivity contribution >= 4 is 17.8 Å². The molecule has 2 unspecified atom stereocenters. The molecular weight excluding hydrogens is 250 g/mol. The molecule has 0 radical (unpaired) electrons. The smallest absolute Gasteiger partial charge is 0.326 e. The third-order valence-electron chi connectivity index (χ3n) is 2.89. The Morgan fingerprint density at radius 1 is 1.05 bits per heavy atom.